The first kappa shape index (κ1) is 30.6. The van der Waals surface area contributed by atoms with Crippen LogP contribution in [0.2, 0.25) is 0 Å². The number of pyridine rings is 1. The molecule has 4 fully saturated rings. The topological polar surface area (TPSA) is 113 Å². The Morgan fingerprint density at radius 2 is 1.77 bits per heavy atom. The van der Waals surface area contributed by atoms with Gasteiger partial charge in [-0.1, -0.05) is 18.6 Å². The SMILES string of the molecule is CC(C)n1cnc2cc(-c3ccc4c(c3)N(C3CC(N5CCCCC5)C3)C(=O)C43CCN(C(=O)O)CC3)nc(OC3CCOCC3)c21. The van der Waals surface area contributed by atoms with Crippen LogP contribution in [0, 0.1) is 0 Å². The van der Waals surface area contributed by atoms with Gasteiger partial charge in [0.05, 0.1) is 36.2 Å². The molecule has 0 bridgehead atoms. The van der Waals surface area contributed by atoms with Gasteiger partial charge in [-0.05, 0) is 83.2 Å². The molecule has 11 nitrogen and oxygen atoms in total. The Bertz CT molecular complexity index is 1660. The van der Waals surface area contributed by atoms with Gasteiger partial charge in [-0.3, -0.25) is 4.79 Å². The average molecular weight is 643 g/mol. The highest BCUT2D eigenvalue weighted by molar-refractivity contribution is 6.09. The predicted octanol–water partition coefficient (Wildman–Crippen LogP) is 5.61. The number of amides is 2. The molecule has 1 spiro atoms. The fourth-order valence-corrected chi connectivity index (χ4v) is 8.63. The number of hydrogen-bond donors (Lipinski definition) is 1. The Labute approximate surface area is 275 Å². The molecule has 0 radical (unpaired) electrons. The number of aromatic nitrogens is 3. The molecule has 3 aromatic rings. The first-order chi connectivity index (χ1) is 22.8. The number of carbonyl (C=O) groups excluding carboxylic acids is 1. The van der Waals surface area contributed by atoms with E-state index in [0.29, 0.717) is 51.1 Å². The van der Waals surface area contributed by atoms with Crippen LogP contribution in [0.5, 0.6) is 5.88 Å². The molecule has 3 saturated heterocycles. The highest BCUT2D eigenvalue weighted by Crippen LogP contribution is 2.52. The van der Waals surface area contributed by atoms with E-state index in [9.17, 15) is 14.7 Å². The fraction of sp³-hybridized carbons (Fsp3) is 0.611. The van der Waals surface area contributed by atoms with E-state index in [1.165, 1.54) is 24.2 Å². The second-order valence-corrected chi connectivity index (χ2v) is 14.5. The van der Waals surface area contributed by atoms with Gasteiger partial charge in [0.15, 0.2) is 0 Å². The summed E-state index contributed by atoms with van der Waals surface area (Å²) in [4.78, 5) is 42.4. The third kappa shape index (κ3) is 5.26. The summed E-state index contributed by atoms with van der Waals surface area (Å²) in [6.07, 6.45) is 9.40. The van der Waals surface area contributed by atoms with Crippen LogP contribution in [0.3, 0.4) is 0 Å². The molecule has 250 valence electrons. The lowest BCUT2D eigenvalue weighted by molar-refractivity contribution is -0.125. The van der Waals surface area contributed by atoms with Crippen LogP contribution in [-0.2, 0) is 14.9 Å². The summed E-state index contributed by atoms with van der Waals surface area (Å²) in [6, 6.07) is 9.22. The molecule has 1 saturated carbocycles. The summed E-state index contributed by atoms with van der Waals surface area (Å²) in [5.74, 6) is 0.726. The quantitative estimate of drug-likeness (QED) is 0.369. The van der Waals surface area contributed by atoms with E-state index in [1.807, 2.05) is 12.4 Å². The molecule has 1 N–H and O–H groups in total. The normalized spacial score (nSPS) is 25.0. The zero-order chi connectivity index (χ0) is 32.3. The maximum atomic E-state index is 14.6. The number of carbonyl (C=O) groups is 2. The van der Waals surface area contributed by atoms with Crippen LogP contribution in [0.1, 0.15) is 83.2 Å². The highest BCUT2D eigenvalue weighted by atomic mass is 16.5. The largest absolute Gasteiger partial charge is 0.473 e. The van der Waals surface area contributed by atoms with Crippen molar-refractivity contribution in [2.45, 2.75) is 101 Å². The molecular weight excluding hydrogens is 596 g/mol. The third-order valence-corrected chi connectivity index (χ3v) is 11.5. The van der Waals surface area contributed by atoms with Crippen molar-refractivity contribution < 1.29 is 24.2 Å². The van der Waals surface area contributed by atoms with Crippen LogP contribution in [0.4, 0.5) is 10.5 Å². The maximum absolute atomic E-state index is 14.6. The third-order valence-electron chi connectivity index (χ3n) is 11.5. The Morgan fingerprint density at radius 1 is 1.02 bits per heavy atom. The number of nitrogens with zero attached hydrogens (tertiary/aromatic N) is 6. The monoisotopic (exact) mass is 642 g/mol. The summed E-state index contributed by atoms with van der Waals surface area (Å²) >= 11 is 0. The minimum atomic E-state index is -0.916. The molecule has 6 heterocycles. The predicted molar refractivity (Wildman–Crippen MR) is 178 cm³/mol. The molecule has 8 rings (SSSR count). The molecule has 2 amide bonds. The van der Waals surface area contributed by atoms with E-state index in [1.54, 1.807) is 0 Å². The van der Waals surface area contributed by atoms with Crippen molar-refractivity contribution in [3.05, 3.63) is 36.2 Å². The number of fused-ring (bicyclic) bond motifs is 3. The van der Waals surface area contributed by atoms with Crippen molar-refractivity contribution in [3.8, 4) is 17.1 Å². The number of benzene rings is 1. The van der Waals surface area contributed by atoms with Crippen LogP contribution in [0.25, 0.3) is 22.3 Å². The standard InChI is InChI=1S/C36H46N6O5/c1-23(2)41-22-37-30-21-29(38-33(32(30)41)47-27-8-16-46-17-9-27)24-6-7-28-31(18-24)42(26-19-25(20-26)39-12-4-3-5-13-39)34(43)36(28)10-14-40(15-11-36)35(44)45/h6-7,18,21-23,25-27H,3-5,8-17,19-20H2,1-2H3,(H,44,45). The number of anilines is 1. The van der Waals surface area contributed by atoms with Crippen LogP contribution in [0.15, 0.2) is 30.6 Å². The van der Waals surface area contributed by atoms with Crippen LogP contribution in [-0.4, -0.2) is 99.0 Å². The molecule has 1 aromatic carbocycles. The van der Waals surface area contributed by atoms with Gasteiger partial charge in [-0.25, -0.2) is 14.8 Å². The first-order valence-corrected chi connectivity index (χ1v) is 17.6. The van der Waals surface area contributed by atoms with Crippen molar-refractivity contribution in [3.63, 3.8) is 0 Å². The maximum Gasteiger partial charge on any atom is 0.407 e. The number of hydrogen-bond acceptors (Lipinski definition) is 7. The average Bonchev–Trinajstić information content (AvgIpc) is 3.60. The van der Waals surface area contributed by atoms with Gasteiger partial charge in [0.1, 0.15) is 11.6 Å². The molecule has 5 aliphatic rings. The van der Waals surface area contributed by atoms with Crippen molar-refractivity contribution in [1.82, 2.24) is 24.3 Å². The Kier molecular flexibility index (Phi) is 7.87. The van der Waals surface area contributed by atoms with E-state index in [-0.39, 0.29) is 24.1 Å². The first-order valence-electron chi connectivity index (χ1n) is 17.6. The minimum absolute atomic E-state index is 0.0290. The summed E-state index contributed by atoms with van der Waals surface area (Å²) in [6.45, 7) is 8.65. The van der Waals surface area contributed by atoms with Crippen molar-refractivity contribution in [2.24, 2.45) is 0 Å². The van der Waals surface area contributed by atoms with Crippen LogP contribution < -0.4 is 9.64 Å². The molecule has 0 unspecified atom stereocenters. The number of rotatable bonds is 6. The Balaban J connectivity index is 1.17. The van der Waals surface area contributed by atoms with Gasteiger partial charge in [-0.15, -0.1) is 0 Å². The molecule has 0 atom stereocenters. The van der Waals surface area contributed by atoms with Gasteiger partial charge in [0.25, 0.3) is 0 Å². The van der Waals surface area contributed by atoms with Crippen molar-refractivity contribution in [1.29, 1.82) is 0 Å². The number of likely N-dealkylation sites (tertiary alicyclic amines) is 2. The lowest BCUT2D eigenvalue weighted by atomic mass is 9.73. The summed E-state index contributed by atoms with van der Waals surface area (Å²) < 4.78 is 14.3. The smallest absolute Gasteiger partial charge is 0.407 e. The zero-order valence-corrected chi connectivity index (χ0v) is 27.6. The number of piperidine rings is 2. The zero-order valence-electron chi connectivity index (χ0n) is 27.6. The lowest BCUT2D eigenvalue weighted by Gasteiger charge is -2.48. The number of imidazole rings is 1. The summed E-state index contributed by atoms with van der Waals surface area (Å²) in [5.41, 5.74) is 4.72. The minimum Gasteiger partial charge on any atom is -0.473 e. The Morgan fingerprint density at radius 3 is 2.47 bits per heavy atom. The van der Waals surface area contributed by atoms with Crippen LogP contribution >= 0.6 is 0 Å². The second-order valence-electron chi connectivity index (χ2n) is 14.5. The lowest BCUT2D eigenvalue weighted by Crippen LogP contribution is -2.58. The van der Waals surface area contributed by atoms with Gasteiger partial charge in [0, 0.05) is 55.3 Å². The van der Waals surface area contributed by atoms with Gasteiger partial charge in [0.2, 0.25) is 11.8 Å². The molecule has 11 heteroatoms. The number of ether oxygens (including phenoxy) is 2. The fourth-order valence-electron chi connectivity index (χ4n) is 8.63. The van der Waals surface area contributed by atoms with Crippen molar-refractivity contribution >= 4 is 28.7 Å². The van der Waals surface area contributed by atoms with Gasteiger partial charge >= 0.3 is 6.09 Å². The molecular formula is C36H46N6O5. The van der Waals surface area contributed by atoms with E-state index >= 15 is 0 Å². The number of carboxylic acid groups (broad SMARTS) is 1. The van der Waals surface area contributed by atoms with Gasteiger partial charge in [-0.2, -0.15) is 0 Å². The van der Waals surface area contributed by atoms with Gasteiger partial charge < -0.3 is 33.8 Å². The molecule has 4 aliphatic heterocycles. The molecule has 1 aliphatic carbocycles. The van der Waals surface area contributed by atoms with E-state index in [4.69, 9.17) is 19.4 Å². The molecule has 2 aromatic heterocycles. The summed E-state index contributed by atoms with van der Waals surface area (Å²) in [5, 5.41) is 9.66. The Hall–Kier alpha value is -3.70. The second kappa shape index (κ2) is 12.1. The van der Waals surface area contributed by atoms with Crippen molar-refractivity contribution in [2.75, 3.05) is 44.3 Å². The molecule has 47 heavy (non-hydrogen) atoms. The summed E-state index contributed by atoms with van der Waals surface area (Å²) in [7, 11) is 0. The van der Waals surface area contributed by atoms with E-state index < -0.39 is 11.5 Å². The highest BCUT2D eigenvalue weighted by Gasteiger charge is 2.56. The van der Waals surface area contributed by atoms with E-state index in [2.05, 4.69) is 46.4 Å². The van der Waals surface area contributed by atoms with E-state index in [0.717, 1.165) is 72.3 Å².